The van der Waals surface area contributed by atoms with Gasteiger partial charge in [0, 0.05) is 54.7 Å². The predicted molar refractivity (Wildman–Crippen MR) is 205 cm³/mol. The number of fused-ring (bicyclic) bond motifs is 10. The summed E-state index contributed by atoms with van der Waals surface area (Å²) in [7, 11) is 0. The van der Waals surface area contributed by atoms with Crippen LogP contribution < -0.4 is 0 Å². The molecule has 0 amide bonds. The molecular formula is C45H26N4O2. The van der Waals surface area contributed by atoms with Crippen molar-refractivity contribution in [3.05, 3.63) is 157 Å². The fourth-order valence-corrected chi connectivity index (χ4v) is 6.99. The van der Waals surface area contributed by atoms with Crippen LogP contribution in [0.2, 0.25) is 0 Å². The lowest BCUT2D eigenvalue weighted by molar-refractivity contribution is 0.669. The lowest BCUT2D eigenvalue weighted by atomic mass is 10.1. The van der Waals surface area contributed by atoms with Gasteiger partial charge in [-0.2, -0.15) is 0 Å². The molecule has 0 aliphatic carbocycles. The molecule has 6 heteroatoms. The molecule has 238 valence electrons. The largest absolute Gasteiger partial charge is 0.456 e. The van der Waals surface area contributed by atoms with Gasteiger partial charge in [0.2, 0.25) is 0 Å². The van der Waals surface area contributed by atoms with E-state index in [1.807, 2.05) is 48.5 Å². The van der Waals surface area contributed by atoms with Crippen molar-refractivity contribution in [2.75, 3.05) is 0 Å². The topological polar surface area (TPSA) is 69.9 Å². The van der Waals surface area contributed by atoms with Gasteiger partial charge in [-0.3, -0.25) is 0 Å². The highest BCUT2D eigenvalue weighted by molar-refractivity contribution is 6.21. The Morgan fingerprint density at radius 1 is 0.451 bits per heavy atom. The number of benzene rings is 7. The molecule has 0 saturated carbocycles. The van der Waals surface area contributed by atoms with Crippen molar-refractivity contribution in [3.63, 3.8) is 0 Å². The molecule has 0 unspecified atom stereocenters. The van der Waals surface area contributed by atoms with E-state index in [1.54, 1.807) is 12.1 Å². The quantitative estimate of drug-likeness (QED) is 0.187. The summed E-state index contributed by atoms with van der Waals surface area (Å²) in [5, 5.41) is 5.75. The van der Waals surface area contributed by atoms with Crippen LogP contribution in [0.1, 0.15) is 13.7 Å². The van der Waals surface area contributed by atoms with Crippen molar-refractivity contribution in [2.24, 2.45) is 0 Å². The summed E-state index contributed by atoms with van der Waals surface area (Å²) in [6.45, 7) is 0. The molecule has 51 heavy (non-hydrogen) atoms. The molecule has 0 saturated heterocycles. The highest BCUT2D eigenvalue weighted by Gasteiger charge is 2.20. The first-order valence-corrected chi connectivity index (χ1v) is 16.1. The summed E-state index contributed by atoms with van der Waals surface area (Å²) in [6, 6.07) is 25.6. The van der Waals surface area contributed by atoms with E-state index in [0.717, 1.165) is 60.2 Å². The predicted octanol–water partition coefficient (Wildman–Crippen LogP) is 11.8. The van der Waals surface area contributed by atoms with E-state index in [-0.39, 0.29) is 28.6 Å². The highest BCUT2D eigenvalue weighted by Crippen LogP contribution is 2.41. The molecule has 0 N–H and O–H groups in total. The fourth-order valence-electron chi connectivity index (χ4n) is 6.99. The van der Waals surface area contributed by atoms with Crippen LogP contribution in [0, 0.1) is 0 Å². The first kappa shape index (κ1) is 19.8. The second kappa shape index (κ2) is 10.7. The summed E-state index contributed by atoms with van der Waals surface area (Å²) in [4.78, 5) is 13.5. The lowest BCUT2D eigenvalue weighted by Crippen LogP contribution is -2.00. The van der Waals surface area contributed by atoms with Crippen LogP contribution in [0.3, 0.4) is 0 Å². The number of nitrogens with zero attached hydrogens (tertiary/aromatic N) is 4. The van der Waals surface area contributed by atoms with Crippen molar-refractivity contribution in [1.82, 2.24) is 19.5 Å². The first-order chi connectivity index (χ1) is 29.4. The molecule has 0 atom stereocenters. The van der Waals surface area contributed by atoms with Gasteiger partial charge in [-0.25, -0.2) is 15.0 Å². The van der Waals surface area contributed by atoms with Crippen LogP contribution in [-0.4, -0.2) is 19.5 Å². The third kappa shape index (κ3) is 4.26. The Morgan fingerprint density at radius 2 is 1.06 bits per heavy atom. The smallest absolute Gasteiger partial charge is 0.164 e. The average molecular weight is 665 g/mol. The van der Waals surface area contributed by atoms with Crippen LogP contribution in [0.4, 0.5) is 0 Å². The SMILES string of the molecule is [2H]c1c([2H])c([2H])c(-c2nc(-c3ccc4c(c3)oc3ccc(-n5c6ccccc6c6ccc7c8ccccc8oc7c65)cc34)nc(-c3c([2H])c([2H])c([2H])c([2H])c3[2H])n2)c([2H])c1[2H]. The van der Waals surface area contributed by atoms with Crippen LogP contribution >= 0.6 is 0 Å². The normalized spacial score (nSPS) is 14.7. The van der Waals surface area contributed by atoms with Crippen molar-refractivity contribution in [1.29, 1.82) is 0 Å². The van der Waals surface area contributed by atoms with Gasteiger partial charge in [-0.05, 0) is 48.5 Å². The van der Waals surface area contributed by atoms with E-state index in [4.69, 9.17) is 22.5 Å². The third-order valence-corrected chi connectivity index (χ3v) is 9.23. The lowest BCUT2D eigenvalue weighted by Gasteiger charge is -2.08. The van der Waals surface area contributed by atoms with Gasteiger partial charge in [-0.1, -0.05) is 109 Å². The second-order valence-electron chi connectivity index (χ2n) is 12.1. The Morgan fingerprint density at radius 3 is 1.82 bits per heavy atom. The maximum absolute atomic E-state index is 8.64. The number of furan rings is 2. The van der Waals surface area contributed by atoms with Crippen molar-refractivity contribution in [2.45, 2.75) is 0 Å². The Balaban J connectivity index is 1.12. The maximum atomic E-state index is 8.64. The fraction of sp³-hybridized carbons (Fsp3) is 0. The van der Waals surface area contributed by atoms with Crippen molar-refractivity contribution < 1.29 is 22.5 Å². The van der Waals surface area contributed by atoms with Crippen LogP contribution in [0.5, 0.6) is 0 Å². The summed E-state index contributed by atoms with van der Waals surface area (Å²) >= 11 is 0. The monoisotopic (exact) mass is 664 g/mol. The molecule has 11 aromatic rings. The van der Waals surface area contributed by atoms with Crippen LogP contribution in [-0.2, 0) is 0 Å². The maximum Gasteiger partial charge on any atom is 0.164 e. The van der Waals surface area contributed by atoms with Gasteiger partial charge in [0.1, 0.15) is 16.7 Å². The number of aromatic nitrogens is 4. The standard InChI is InChI=1S/C45H26N4O2/c1-3-11-27(12-4-1)43-46-44(28-13-5-2-6-14-28)48-45(47-43)29-19-21-33-36-26-30(20-24-39(36)50-40(33)25-29)49-37-17-9-7-15-31(37)34-22-23-35-32-16-8-10-18-38(32)51-42(35)41(34)49/h1-26H/i1D,2D,3D,4D,5D,6D,11D,12D,13D,14D. The Bertz CT molecular complexity index is 3600. The van der Waals surface area contributed by atoms with E-state index < -0.39 is 60.4 Å². The van der Waals surface area contributed by atoms with Gasteiger partial charge >= 0.3 is 0 Å². The summed E-state index contributed by atoms with van der Waals surface area (Å²) in [5.74, 6) is -0.743. The zero-order valence-electron chi connectivity index (χ0n) is 36.3. The van der Waals surface area contributed by atoms with E-state index >= 15 is 0 Å². The minimum Gasteiger partial charge on any atom is -0.456 e. The zero-order chi connectivity index (χ0) is 42.2. The molecule has 4 aromatic heterocycles. The molecule has 0 aliphatic heterocycles. The third-order valence-electron chi connectivity index (χ3n) is 9.23. The molecule has 0 aliphatic rings. The van der Waals surface area contributed by atoms with Gasteiger partial charge in [0.05, 0.1) is 24.7 Å². The molecule has 0 bridgehead atoms. The van der Waals surface area contributed by atoms with Gasteiger partial charge < -0.3 is 13.4 Å². The molecule has 0 fully saturated rings. The second-order valence-corrected chi connectivity index (χ2v) is 12.1. The Labute approximate surface area is 304 Å². The minimum absolute atomic E-state index is 0.0539. The molecule has 11 rings (SSSR count). The molecule has 4 heterocycles. The zero-order valence-corrected chi connectivity index (χ0v) is 26.3. The van der Waals surface area contributed by atoms with E-state index in [1.165, 1.54) is 0 Å². The number of hydrogen-bond donors (Lipinski definition) is 0. The number of rotatable bonds is 4. The highest BCUT2D eigenvalue weighted by atomic mass is 16.3. The average Bonchev–Trinajstić information content (AvgIpc) is 3.95. The summed E-state index contributed by atoms with van der Waals surface area (Å²) in [6.07, 6.45) is 0. The van der Waals surface area contributed by atoms with E-state index in [0.29, 0.717) is 16.7 Å². The van der Waals surface area contributed by atoms with Gasteiger partial charge in [0.15, 0.2) is 23.1 Å². The van der Waals surface area contributed by atoms with Gasteiger partial charge in [-0.15, -0.1) is 0 Å². The molecule has 0 spiro atoms. The van der Waals surface area contributed by atoms with Gasteiger partial charge in [0.25, 0.3) is 0 Å². The van der Waals surface area contributed by atoms with Crippen molar-refractivity contribution in [3.8, 4) is 39.9 Å². The molecular weight excluding hydrogens is 629 g/mol. The summed E-state index contributed by atoms with van der Waals surface area (Å²) < 4.78 is 99.1. The van der Waals surface area contributed by atoms with Crippen molar-refractivity contribution >= 4 is 65.7 Å². The van der Waals surface area contributed by atoms with E-state index in [9.17, 15) is 0 Å². The molecule has 6 nitrogen and oxygen atoms in total. The Kier molecular flexibility index (Phi) is 4.17. The number of para-hydroxylation sites is 2. The van der Waals surface area contributed by atoms with Crippen LogP contribution in [0.15, 0.2) is 166 Å². The van der Waals surface area contributed by atoms with Crippen LogP contribution in [0.25, 0.3) is 106 Å². The summed E-state index contributed by atoms with van der Waals surface area (Å²) in [5.41, 5.74) is 5.13. The molecule has 0 radical (unpaired) electrons. The van der Waals surface area contributed by atoms with E-state index in [2.05, 4.69) is 55.9 Å². The molecule has 7 aromatic carbocycles. The Hall–Kier alpha value is -7.05. The number of hydrogen-bond acceptors (Lipinski definition) is 5. The first-order valence-electron chi connectivity index (χ1n) is 21.1. The minimum atomic E-state index is -0.617.